The first kappa shape index (κ1) is 18.7. The maximum Gasteiger partial charge on any atom is 0.272 e. The van der Waals surface area contributed by atoms with E-state index < -0.39 is 21.7 Å². The number of aromatic nitrogens is 1. The Morgan fingerprint density at radius 1 is 1.15 bits per heavy atom. The first-order valence-electron chi connectivity index (χ1n) is 8.19. The van der Waals surface area contributed by atoms with E-state index in [1.807, 2.05) is 0 Å². The van der Waals surface area contributed by atoms with Crippen molar-refractivity contribution in [2.75, 3.05) is 31.6 Å². The monoisotopic (exact) mass is 384 g/mol. The molecule has 2 heterocycles. The van der Waals surface area contributed by atoms with Crippen LogP contribution in [0.4, 0.5) is 14.6 Å². The van der Waals surface area contributed by atoms with Crippen molar-refractivity contribution in [1.82, 2.24) is 4.31 Å². The normalized spacial score (nSPS) is 17.0. The molecule has 3 rings (SSSR count). The highest BCUT2D eigenvalue weighted by Crippen LogP contribution is 2.20. The Morgan fingerprint density at radius 2 is 1.88 bits per heavy atom. The zero-order chi connectivity index (χ0) is 18.7. The Morgan fingerprint density at radius 3 is 2.50 bits per heavy atom. The molecule has 0 amide bonds. The number of sulfonamides is 1. The topological polar surface area (TPSA) is 72.8 Å². The van der Waals surface area contributed by atoms with Crippen molar-refractivity contribution in [2.24, 2.45) is 0 Å². The van der Waals surface area contributed by atoms with Gasteiger partial charge in [0.05, 0.1) is 13.2 Å². The van der Waals surface area contributed by atoms with E-state index in [2.05, 4.69) is 10.3 Å². The van der Waals surface area contributed by atoms with E-state index in [-0.39, 0.29) is 10.9 Å². The molecule has 1 aliphatic rings. The van der Waals surface area contributed by atoms with Gasteiger partial charge in [0.25, 0.3) is 5.82 Å². The van der Waals surface area contributed by atoms with Crippen LogP contribution < -0.4 is 10.3 Å². The largest absolute Gasteiger partial charge is 0.379 e. The Bertz CT molecular complexity index is 869. The summed E-state index contributed by atoms with van der Waals surface area (Å²) in [6.45, 7) is 3.21. The predicted octanol–water partition coefficient (Wildman–Crippen LogP) is 1.97. The van der Waals surface area contributed by atoms with Crippen molar-refractivity contribution >= 4 is 15.8 Å². The molecule has 0 aliphatic carbocycles. The van der Waals surface area contributed by atoms with Crippen LogP contribution in [0.5, 0.6) is 0 Å². The molecule has 0 saturated carbocycles. The van der Waals surface area contributed by atoms with E-state index in [0.29, 0.717) is 37.7 Å². The van der Waals surface area contributed by atoms with Gasteiger partial charge in [0.2, 0.25) is 10.0 Å². The van der Waals surface area contributed by atoms with E-state index >= 15 is 0 Å². The lowest BCUT2D eigenvalue weighted by atomic mass is 10.1. The number of nitrogens with one attached hydrogen (secondary N) is 2. The van der Waals surface area contributed by atoms with Crippen LogP contribution in [-0.4, -0.2) is 39.0 Å². The van der Waals surface area contributed by atoms with Crippen molar-refractivity contribution in [3.05, 3.63) is 53.7 Å². The SMILES string of the molecule is C[C@H](Nc1ccc(S(=O)(=O)N2CCOCC2)c[nH+]1)c1ccc(F)c(F)c1. The second-order valence-electron chi connectivity index (χ2n) is 5.99. The molecule has 26 heavy (non-hydrogen) atoms. The molecule has 0 radical (unpaired) electrons. The number of morpholine rings is 1. The lowest BCUT2D eigenvalue weighted by Crippen LogP contribution is -2.40. The van der Waals surface area contributed by atoms with Crippen LogP contribution in [0.15, 0.2) is 41.4 Å². The summed E-state index contributed by atoms with van der Waals surface area (Å²) < 4.78 is 58.1. The van der Waals surface area contributed by atoms with Crippen LogP contribution >= 0.6 is 0 Å². The number of anilines is 1. The third-order valence-corrected chi connectivity index (χ3v) is 6.10. The van der Waals surface area contributed by atoms with Crippen LogP contribution in [0.3, 0.4) is 0 Å². The number of halogens is 2. The third kappa shape index (κ3) is 4.00. The Balaban J connectivity index is 1.71. The molecule has 140 valence electrons. The minimum atomic E-state index is -3.57. The zero-order valence-electron chi connectivity index (χ0n) is 14.2. The molecule has 0 bridgehead atoms. The van der Waals surface area contributed by atoms with Gasteiger partial charge in [-0.3, -0.25) is 5.32 Å². The fourth-order valence-electron chi connectivity index (χ4n) is 2.70. The first-order chi connectivity index (χ1) is 12.4. The van der Waals surface area contributed by atoms with E-state index in [1.165, 1.54) is 22.6 Å². The van der Waals surface area contributed by atoms with Gasteiger partial charge in [-0.2, -0.15) is 4.31 Å². The number of benzene rings is 1. The van der Waals surface area contributed by atoms with Crippen LogP contribution in [0.25, 0.3) is 0 Å². The number of H-pyrrole nitrogens is 1. The zero-order valence-corrected chi connectivity index (χ0v) is 15.0. The third-order valence-electron chi connectivity index (χ3n) is 4.21. The van der Waals surface area contributed by atoms with Gasteiger partial charge in [0.1, 0.15) is 17.1 Å². The fourth-order valence-corrected chi connectivity index (χ4v) is 4.07. The molecule has 1 atom stereocenters. The number of hydrogen-bond donors (Lipinski definition) is 1. The minimum Gasteiger partial charge on any atom is -0.379 e. The molecule has 1 saturated heterocycles. The summed E-state index contributed by atoms with van der Waals surface area (Å²) in [7, 11) is -3.57. The lowest BCUT2D eigenvalue weighted by molar-refractivity contribution is -0.364. The van der Waals surface area contributed by atoms with Crippen LogP contribution in [0.2, 0.25) is 0 Å². The highest BCUT2D eigenvalue weighted by molar-refractivity contribution is 7.89. The number of ether oxygens (including phenoxy) is 1. The molecule has 2 aromatic rings. The van der Waals surface area contributed by atoms with E-state index in [0.717, 1.165) is 12.1 Å². The fraction of sp³-hybridized carbons (Fsp3) is 0.353. The molecule has 1 aromatic heterocycles. The van der Waals surface area contributed by atoms with Crippen molar-refractivity contribution in [3.8, 4) is 0 Å². The van der Waals surface area contributed by atoms with Crippen LogP contribution in [0, 0.1) is 11.6 Å². The molecule has 6 nitrogen and oxygen atoms in total. The summed E-state index contributed by atoms with van der Waals surface area (Å²) in [5, 5.41) is 3.09. The van der Waals surface area contributed by atoms with E-state index in [9.17, 15) is 17.2 Å². The molecule has 2 N–H and O–H groups in total. The summed E-state index contributed by atoms with van der Waals surface area (Å²) in [6.07, 6.45) is 1.41. The Kier molecular flexibility index (Phi) is 5.49. The van der Waals surface area contributed by atoms with Crippen molar-refractivity contribution in [2.45, 2.75) is 17.9 Å². The van der Waals surface area contributed by atoms with E-state index in [1.54, 1.807) is 13.0 Å². The van der Waals surface area contributed by atoms with E-state index in [4.69, 9.17) is 4.74 Å². The Hall–Kier alpha value is -2.10. The Labute approximate surface area is 150 Å². The van der Waals surface area contributed by atoms with Crippen LogP contribution in [-0.2, 0) is 14.8 Å². The second-order valence-corrected chi connectivity index (χ2v) is 7.93. The summed E-state index contributed by atoms with van der Waals surface area (Å²) in [5.41, 5.74) is 0.572. The van der Waals surface area contributed by atoms with Crippen molar-refractivity contribution < 1.29 is 26.9 Å². The average Bonchev–Trinajstić information content (AvgIpc) is 2.65. The summed E-state index contributed by atoms with van der Waals surface area (Å²) in [5.74, 6) is -1.25. The van der Waals surface area contributed by atoms with Gasteiger partial charge in [-0.25, -0.2) is 22.2 Å². The molecule has 1 aromatic carbocycles. The van der Waals surface area contributed by atoms with Gasteiger partial charge in [-0.1, -0.05) is 6.07 Å². The van der Waals surface area contributed by atoms with Gasteiger partial charge in [0.15, 0.2) is 11.6 Å². The highest BCUT2D eigenvalue weighted by Gasteiger charge is 2.27. The van der Waals surface area contributed by atoms with Gasteiger partial charge in [-0.15, -0.1) is 0 Å². The van der Waals surface area contributed by atoms with Gasteiger partial charge < -0.3 is 4.74 Å². The molecular formula is C17H20F2N3O3S+. The maximum absolute atomic E-state index is 13.3. The second kappa shape index (κ2) is 7.65. The summed E-state index contributed by atoms with van der Waals surface area (Å²) in [6, 6.07) is 6.50. The average molecular weight is 384 g/mol. The molecule has 1 aliphatic heterocycles. The molecule has 1 fully saturated rings. The quantitative estimate of drug-likeness (QED) is 0.856. The number of hydrogen-bond acceptors (Lipinski definition) is 4. The van der Waals surface area contributed by atoms with Crippen molar-refractivity contribution in [1.29, 1.82) is 0 Å². The maximum atomic E-state index is 13.3. The van der Waals surface area contributed by atoms with Gasteiger partial charge in [-0.05, 0) is 30.7 Å². The predicted molar refractivity (Wildman–Crippen MR) is 91.0 cm³/mol. The number of aromatic amines is 1. The minimum absolute atomic E-state index is 0.158. The molecular weight excluding hydrogens is 364 g/mol. The molecule has 0 unspecified atom stereocenters. The van der Waals surface area contributed by atoms with Gasteiger partial charge in [0, 0.05) is 19.2 Å². The molecule has 9 heteroatoms. The smallest absolute Gasteiger partial charge is 0.272 e. The first-order valence-corrected chi connectivity index (χ1v) is 9.63. The lowest BCUT2D eigenvalue weighted by Gasteiger charge is -2.25. The standard InChI is InChI=1S/C17H19F2N3O3S/c1-12(13-2-4-15(18)16(19)10-13)21-17-5-3-14(11-20-17)26(23,24)22-6-8-25-9-7-22/h2-5,10-12H,6-9H2,1H3,(H,20,21)/p+1/t12-/m0/s1. The number of nitrogens with zero attached hydrogens (tertiary/aromatic N) is 1. The highest BCUT2D eigenvalue weighted by atomic mass is 32.2. The number of rotatable bonds is 5. The number of pyridine rings is 1. The molecule has 0 spiro atoms. The van der Waals surface area contributed by atoms with Gasteiger partial charge >= 0.3 is 0 Å². The van der Waals surface area contributed by atoms with Crippen molar-refractivity contribution in [3.63, 3.8) is 0 Å². The van der Waals surface area contributed by atoms with Crippen LogP contribution in [0.1, 0.15) is 18.5 Å². The summed E-state index contributed by atoms with van der Waals surface area (Å²) in [4.78, 5) is 3.05. The summed E-state index contributed by atoms with van der Waals surface area (Å²) >= 11 is 0.